The molecule has 0 aliphatic rings. The molecule has 0 amide bonds. The lowest BCUT2D eigenvalue weighted by molar-refractivity contribution is 0.0698. The normalized spacial score (nSPS) is 10.6. The summed E-state index contributed by atoms with van der Waals surface area (Å²) in [5.41, 5.74) is 4.33. The van der Waals surface area contributed by atoms with Crippen molar-refractivity contribution in [1.29, 1.82) is 0 Å². The van der Waals surface area contributed by atoms with Gasteiger partial charge in [0.1, 0.15) is 0 Å². The number of nitrogens with one attached hydrogen (secondary N) is 1. The van der Waals surface area contributed by atoms with Gasteiger partial charge < -0.3 is 10.1 Å². The van der Waals surface area contributed by atoms with Gasteiger partial charge in [0, 0.05) is 10.7 Å². The number of halogens is 1. The van der Waals surface area contributed by atoms with E-state index in [0.29, 0.717) is 10.7 Å². The molecule has 0 aliphatic carbocycles. The van der Waals surface area contributed by atoms with Gasteiger partial charge in [-0.15, -0.1) is 0 Å². The summed E-state index contributed by atoms with van der Waals surface area (Å²) in [6.07, 6.45) is 0. The van der Waals surface area contributed by atoms with Crippen molar-refractivity contribution < 1.29 is 9.90 Å². The Morgan fingerprint density at radius 3 is 2.41 bits per heavy atom. The van der Waals surface area contributed by atoms with Crippen molar-refractivity contribution in [2.45, 2.75) is 6.92 Å². The molecule has 3 rings (SSSR count). The number of hydrogen-bond acceptors (Lipinski definition) is 1. The Balaban J connectivity index is 2.15. The number of hydrogen-bond donors (Lipinski definition) is 2. The first-order valence-electron chi connectivity index (χ1n) is 6.84. The Labute approximate surface area is 133 Å². The fourth-order valence-corrected chi connectivity index (χ4v) is 2.54. The van der Waals surface area contributed by atoms with Crippen LogP contribution in [-0.4, -0.2) is 16.1 Å². The van der Waals surface area contributed by atoms with E-state index in [0.717, 1.165) is 22.4 Å². The molecule has 2 N–H and O–H groups in total. The highest BCUT2D eigenvalue weighted by atomic mass is 35.5. The van der Waals surface area contributed by atoms with Crippen LogP contribution in [0.15, 0.2) is 54.6 Å². The zero-order valence-corrected chi connectivity index (χ0v) is 12.7. The number of aromatic amines is 1. The lowest BCUT2D eigenvalue weighted by atomic mass is 10.1. The molecular formula is C18H14ClNO2. The van der Waals surface area contributed by atoms with Crippen LogP contribution in [0.3, 0.4) is 0 Å². The summed E-state index contributed by atoms with van der Waals surface area (Å²) in [6.45, 7) is 1.92. The van der Waals surface area contributed by atoms with Gasteiger partial charge in [0.05, 0.1) is 11.3 Å². The molecule has 22 heavy (non-hydrogen) atoms. The van der Waals surface area contributed by atoms with Crippen LogP contribution in [0.2, 0.25) is 5.02 Å². The monoisotopic (exact) mass is 311 g/mol. The predicted molar refractivity (Wildman–Crippen MR) is 88.4 cm³/mol. The van der Waals surface area contributed by atoms with E-state index in [2.05, 4.69) is 4.98 Å². The van der Waals surface area contributed by atoms with Crippen molar-refractivity contribution in [3.63, 3.8) is 0 Å². The second kappa shape index (κ2) is 5.70. The van der Waals surface area contributed by atoms with E-state index in [-0.39, 0.29) is 5.56 Å². The molecule has 4 heteroatoms. The molecule has 110 valence electrons. The van der Waals surface area contributed by atoms with E-state index in [4.69, 9.17) is 11.6 Å². The van der Waals surface area contributed by atoms with Crippen molar-refractivity contribution >= 4 is 17.6 Å². The third kappa shape index (κ3) is 2.63. The van der Waals surface area contributed by atoms with Gasteiger partial charge in [-0.1, -0.05) is 48.0 Å². The van der Waals surface area contributed by atoms with Crippen LogP contribution in [0.4, 0.5) is 0 Å². The smallest absolute Gasteiger partial charge is 0.337 e. The van der Waals surface area contributed by atoms with Crippen molar-refractivity contribution in [3.8, 4) is 22.5 Å². The first-order valence-corrected chi connectivity index (χ1v) is 7.22. The van der Waals surface area contributed by atoms with Gasteiger partial charge in [0.15, 0.2) is 0 Å². The van der Waals surface area contributed by atoms with Gasteiger partial charge >= 0.3 is 5.97 Å². The minimum absolute atomic E-state index is 0.258. The second-order valence-corrected chi connectivity index (χ2v) is 5.51. The molecule has 0 atom stereocenters. The lowest BCUT2D eigenvalue weighted by Crippen LogP contribution is -1.96. The number of carbonyl (C=O) groups is 1. The van der Waals surface area contributed by atoms with E-state index in [9.17, 15) is 9.90 Å². The fourth-order valence-electron chi connectivity index (χ4n) is 2.42. The number of aromatic nitrogens is 1. The minimum Gasteiger partial charge on any atom is -0.478 e. The van der Waals surface area contributed by atoms with Gasteiger partial charge in [-0.05, 0) is 41.8 Å². The highest BCUT2D eigenvalue weighted by molar-refractivity contribution is 6.31. The van der Waals surface area contributed by atoms with Gasteiger partial charge in [0.2, 0.25) is 0 Å². The first kappa shape index (κ1) is 14.4. The van der Waals surface area contributed by atoms with Crippen LogP contribution < -0.4 is 0 Å². The Kier molecular flexibility index (Phi) is 3.73. The third-order valence-corrected chi connectivity index (χ3v) is 4.00. The van der Waals surface area contributed by atoms with E-state index in [1.54, 1.807) is 6.07 Å². The number of carboxylic acids is 1. The summed E-state index contributed by atoms with van der Waals surface area (Å²) in [5.74, 6) is -0.952. The fraction of sp³-hybridized carbons (Fsp3) is 0.0556. The van der Waals surface area contributed by atoms with Crippen molar-refractivity contribution in [3.05, 3.63) is 70.7 Å². The van der Waals surface area contributed by atoms with Crippen LogP contribution in [0, 0.1) is 6.92 Å². The standard InChI is InChI=1S/C18H14ClNO2/c1-11-9-13(7-8-15(11)19)16-10-14(18(21)22)17(20-16)12-5-3-2-4-6-12/h2-10,20H,1H3,(H,21,22). The Bertz CT molecular complexity index is 838. The van der Waals surface area contributed by atoms with E-state index in [1.807, 2.05) is 55.5 Å². The molecule has 0 spiro atoms. The molecule has 0 fully saturated rings. The molecule has 3 aromatic rings. The molecule has 0 aliphatic heterocycles. The molecule has 3 nitrogen and oxygen atoms in total. The maximum atomic E-state index is 11.5. The van der Waals surface area contributed by atoms with Crippen LogP contribution in [0.1, 0.15) is 15.9 Å². The quantitative estimate of drug-likeness (QED) is 0.714. The largest absolute Gasteiger partial charge is 0.478 e. The summed E-state index contributed by atoms with van der Waals surface area (Å²) in [7, 11) is 0. The summed E-state index contributed by atoms with van der Waals surface area (Å²) >= 11 is 6.05. The second-order valence-electron chi connectivity index (χ2n) is 5.11. The molecule has 1 heterocycles. The highest BCUT2D eigenvalue weighted by Crippen LogP contribution is 2.30. The van der Waals surface area contributed by atoms with Crippen molar-refractivity contribution in [2.24, 2.45) is 0 Å². The third-order valence-electron chi connectivity index (χ3n) is 3.58. The number of aryl methyl sites for hydroxylation is 1. The zero-order chi connectivity index (χ0) is 15.7. The van der Waals surface area contributed by atoms with Crippen LogP contribution >= 0.6 is 11.6 Å². The number of benzene rings is 2. The molecule has 1 aromatic heterocycles. The number of H-pyrrole nitrogens is 1. The van der Waals surface area contributed by atoms with Crippen LogP contribution in [0.5, 0.6) is 0 Å². The van der Waals surface area contributed by atoms with Crippen LogP contribution in [0.25, 0.3) is 22.5 Å². The van der Waals surface area contributed by atoms with Gasteiger partial charge in [-0.3, -0.25) is 0 Å². The van der Waals surface area contributed by atoms with Crippen LogP contribution in [-0.2, 0) is 0 Å². The summed E-state index contributed by atoms with van der Waals surface area (Å²) in [5, 5.41) is 10.1. The average Bonchev–Trinajstić information content (AvgIpc) is 2.96. The number of rotatable bonds is 3. The lowest BCUT2D eigenvalue weighted by Gasteiger charge is -2.03. The van der Waals surface area contributed by atoms with E-state index < -0.39 is 5.97 Å². The highest BCUT2D eigenvalue weighted by Gasteiger charge is 2.16. The summed E-state index contributed by atoms with van der Waals surface area (Å²) in [6, 6.07) is 16.7. The molecule has 0 saturated heterocycles. The van der Waals surface area contributed by atoms with E-state index in [1.165, 1.54) is 0 Å². The molecule has 2 aromatic carbocycles. The summed E-state index contributed by atoms with van der Waals surface area (Å²) in [4.78, 5) is 14.7. The molecular weight excluding hydrogens is 298 g/mol. The maximum Gasteiger partial charge on any atom is 0.337 e. The Hall–Kier alpha value is -2.52. The molecule has 0 radical (unpaired) electrons. The van der Waals surface area contributed by atoms with Gasteiger partial charge in [-0.25, -0.2) is 4.79 Å². The molecule has 0 unspecified atom stereocenters. The molecule has 0 bridgehead atoms. The Morgan fingerprint density at radius 2 is 1.77 bits per heavy atom. The first-order chi connectivity index (χ1) is 10.6. The predicted octanol–water partition coefficient (Wildman–Crippen LogP) is 5.01. The van der Waals surface area contributed by atoms with E-state index >= 15 is 0 Å². The SMILES string of the molecule is Cc1cc(-c2cc(C(=O)O)c(-c3ccccc3)[nH]2)ccc1Cl. The summed E-state index contributed by atoms with van der Waals surface area (Å²) < 4.78 is 0. The number of aromatic carboxylic acids is 1. The topological polar surface area (TPSA) is 53.1 Å². The minimum atomic E-state index is -0.952. The number of carboxylic acid groups (broad SMARTS) is 1. The average molecular weight is 312 g/mol. The molecule has 0 saturated carbocycles. The van der Waals surface area contributed by atoms with Crippen molar-refractivity contribution in [2.75, 3.05) is 0 Å². The van der Waals surface area contributed by atoms with Gasteiger partial charge in [0.25, 0.3) is 0 Å². The Morgan fingerprint density at radius 1 is 1.05 bits per heavy atom. The van der Waals surface area contributed by atoms with Gasteiger partial charge in [-0.2, -0.15) is 0 Å². The maximum absolute atomic E-state index is 11.5. The van der Waals surface area contributed by atoms with Crippen molar-refractivity contribution in [1.82, 2.24) is 4.98 Å². The zero-order valence-electron chi connectivity index (χ0n) is 11.9.